The van der Waals surface area contributed by atoms with Crippen LogP contribution in [0, 0.1) is 0 Å². The molecule has 2 aromatic carbocycles. The topological polar surface area (TPSA) is 61.0 Å². The molecule has 2 N–H and O–H groups in total. The first-order valence-corrected chi connectivity index (χ1v) is 6.53. The first kappa shape index (κ1) is 13.0. The van der Waals surface area contributed by atoms with E-state index in [1.165, 1.54) is 6.33 Å². The number of halogens is 2. The Labute approximate surface area is 125 Å². The average Bonchev–Trinajstić information content (AvgIpc) is 2.44. The van der Waals surface area contributed by atoms with Gasteiger partial charge in [0.1, 0.15) is 17.1 Å². The van der Waals surface area contributed by atoms with Crippen LogP contribution in [0.15, 0.2) is 42.7 Å². The van der Waals surface area contributed by atoms with E-state index >= 15 is 0 Å². The summed E-state index contributed by atoms with van der Waals surface area (Å²) >= 11 is 12.1. The van der Waals surface area contributed by atoms with Gasteiger partial charge in [0, 0.05) is 5.69 Å². The number of benzene rings is 2. The average molecular weight is 306 g/mol. The van der Waals surface area contributed by atoms with Gasteiger partial charge in [0.2, 0.25) is 5.88 Å². The maximum Gasteiger partial charge on any atom is 0.230 e. The van der Waals surface area contributed by atoms with Crippen molar-refractivity contribution in [3.8, 4) is 11.6 Å². The molecule has 0 aliphatic carbocycles. The fourth-order valence-electron chi connectivity index (χ4n) is 1.80. The number of hydrogen-bond donors (Lipinski definition) is 1. The Morgan fingerprint density at radius 3 is 2.75 bits per heavy atom. The zero-order chi connectivity index (χ0) is 14.1. The van der Waals surface area contributed by atoms with Gasteiger partial charge in [-0.1, -0.05) is 29.3 Å². The monoisotopic (exact) mass is 305 g/mol. The molecule has 0 unspecified atom stereocenters. The fourth-order valence-corrected chi connectivity index (χ4v) is 2.13. The summed E-state index contributed by atoms with van der Waals surface area (Å²) in [4.78, 5) is 8.28. The Bertz CT molecular complexity index is 792. The summed E-state index contributed by atoms with van der Waals surface area (Å²) < 4.78 is 5.74. The van der Waals surface area contributed by atoms with Crippen LogP contribution >= 0.6 is 23.2 Å². The van der Waals surface area contributed by atoms with Crippen LogP contribution < -0.4 is 10.5 Å². The van der Waals surface area contributed by atoms with Crippen LogP contribution in [0.1, 0.15) is 0 Å². The smallest absolute Gasteiger partial charge is 0.230 e. The summed E-state index contributed by atoms with van der Waals surface area (Å²) in [5, 5.41) is 1.47. The van der Waals surface area contributed by atoms with Crippen LogP contribution in [0.4, 0.5) is 5.69 Å². The van der Waals surface area contributed by atoms with Gasteiger partial charge >= 0.3 is 0 Å². The standard InChI is InChI=1S/C14H9Cl2N3O/c15-10-2-1-3-12(13(10)16)20-14-9-6-8(17)4-5-11(9)18-7-19-14/h1-7H,17H2. The third-order valence-electron chi connectivity index (χ3n) is 2.75. The molecule has 0 spiro atoms. The van der Waals surface area contributed by atoms with Crippen molar-refractivity contribution >= 4 is 39.8 Å². The first-order chi connectivity index (χ1) is 9.65. The first-order valence-electron chi connectivity index (χ1n) is 5.77. The van der Waals surface area contributed by atoms with Gasteiger partial charge in [0.15, 0.2) is 0 Å². The minimum absolute atomic E-state index is 0.338. The number of hydrogen-bond acceptors (Lipinski definition) is 4. The van der Waals surface area contributed by atoms with Gasteiger partial charge in [-0.2, -0.15) is 0 Å². The Morgan fingerprint density at radius 2 is 1.90 bits per heavy atom. The molecule has 3 rings (SSSR count). The quantitative estimate of drug-likeness (QED) is 0.717. The molecule has 0 aliphatic rings. The summed E-state index contributed by atoms with van der Waals surface area (Å²) in [6.45, 7) is 0. The minimum Gasteiger partial charge on any atom is -0.437 e. The number of anilines is 1. The number of rotatable bonds is 2. The molecule has 0 atom stereocenters. The van der Waals surface area contributed by atoms with Crippen molar-refractivity contribution in [2.45, 2.75) is 0 Å². The maximum atomic E-state index is 6.10. The largest absolute Gasteiger partial charge is 0.437 e. The normalized spacial score (nSPS) is 10.7. The molecular weight excluding hydrogens is 297 g/mol. The molecule has 20 heavy (non-hydrogen) atoms. The minimum atomic E-state index is 0.338. The molecule has 4 nitrogen and oxygen atoms in total. The van der Waals surface area contributed by atoms with E-state index in [0.29, 0.717) is 32.7 Å². The van der Waals surface area contributed by atoms with Crippen LogP contribution in [0.25, 0.3) is 10.9 Å². The third-order valence-corrected chi connectivity index (χ3v) is 3.55. The van der Waals surface area contributed by atoms with Gasteiger partial charge in [-0.3, -0.25) is 0 Å². The lowest BCUT2D eigenvalue weighted by Crippen LogP contribution is -1.93. The van der Waals surface area contributed by atoms with Crippen molar-refractivity contribution in [3.05, 3.63) is 52.8 Å². The lowest BCUT2D eigenvalue weighted by atomic mass is 10.2. The molecule has 100 valence electrons. The van der Waals surface area contributed by atoms with Crippen molar-refractivity contribution in [2.75, 3.05) is 5.73 Å². The van der Waals surface area contributed by atoms with E-state index in [1.807, 2.05) is 0 Å². The van der Waals surface area contributed by atoms with Gasteiger partial charge in [-0.15, -0.1) is 0 Å². The van der Waals surface area contributed by atoms with Crippen molar-refractivity contribution in [3.63, 3.8) is 0 Å². The number of nitrogen functional groups attached to an aromatic ring is 1. The van der Waals surface area contributed by atoms with Crippen LogP contribution in [-0.2, 0) is 0 Å². The molecule has 3 aromatic rings. The lowest BCUT2D eigenvalue weighted by molar-refractivity contribution is 0.468. The van der Waals surface area contributed by atoms with E-state index in [2.05, 4.69) is 9.97 Å². The van der Waals surface area contributed by atoms with E-state index in [-0.39, 0.29) is 0 Å². The van der Waals surface area contributed by atoms with Gasteiger partial charge in [-0.25, -0.2) is 9.97 Å². The summed E-state index contributed by atoms with van der Waals surface area (Å²) in [5.74, 6) is 0.813. The maximum absolute atomic E-state index is 6.10. The number of aromatic nitrogens is 2. The van der Waals surface area contributed by atoms with Crippen LogP contribution in [0.3, 0.4) is 0 Å². The molecular formula is C14H9Cl2N3O. The highest BCUT2D eigenvalue weighted by molar-refractivity contribution is 6.42. The molecule has 1 aromatic heterocycles. The van der Waals surface area contributed by atoms with E-state index in [9.17, 15) is 0 Å². The Hall–Kier alpha value is -2.04. The number of nitrogens with two attached hydrogens (primary N) is 1. The van der Waals surface area contributed by atoms with Crippen LogP contribution in [-0.4, -0.2) is 9.97 Å². The predicted molar refractivity (Wildman–Crippen MR) is 80.5 cm³/mol. The number of fused-ring (bicyclic) bond motifs is 1. The SMILES string of the molecule is Nc1ccc2ncnc(Oc3cccc(Cl)c3Cl)c2c1. The zero-order valence-electron chi connectivity index (χ0n) is 10.2. The fraction of sp³-hybridized carbons (Fsp3) is 0. The van der Waals surface area contributed by atoms with Crippen LogP contribution in [0.5, 0.6) is 11.6 Å². The highest BCUT2D eigenvalue weighted by Gasteiger charge is 2.10. The zero-order valence-corrected chi connectivity index (χ0v) is 11.7. The van der Waals surface area contributed by atoms with Crippen LogP contribution in [0.2, 0.25) is 10.0 Å². The van der Waals surface area contributed by atoms with E-state index in [1.54, 1.807) is 36.4 Å². The summed E-state index contributed by atoms with van der Waals surface area (Å²) in [6.07, 6.45) is 1.42. The van der Waals surface area contributed by atoms with E-state index in [4.69, 9.17) is 33.7 Å². The summed E-state index contributed by atoms with van der Waals surface area (Å²) in [5.41, 5.74) is 7.13. The second-order valence-electron chi connectivity index (χ2n) is 4.11. The lowest BCUT2D eigenvalue weighted by Gasteiger charge is -2.09. The van der Waals surface area contributed by atoms with Gasteiger partial charge < -0.3 is 10.5 Å². The molecule has 0 bridgehead atoms. The Balaban J connectivity index is 2.11. The molecule has 6 heteroatoms. The van der Waals surface area contributed by atoms with Crippen molar-refractivity contribution in [1.82, 2.24) is 9.97 Å². The number of nitrogens with zero attached hydrogens (tertiary/aromatic N) is 2. The van der Waals surface area contributed by atoms with E-state index < -0.39 is 0 Å². The molecule has 0 radical (unpaired) electrons. The molecule has 0 saturated carbocycles. The van der Waals surface area contributed by atoms with Gasteiger partial charge in [0.25, 0.3) is 0 Å². The predicted octanol–water partition coefficient (Wildman–Crippen LogP) is 4.31. The highest BCUT2D eigenvalue weighted by Crippen LogP contribution is 2.36. The number of ether oxygens (including phenoxy) is 1. The summed E-state index contributed by atoms with van der Waals surface area (Å²) in [6, 6.07) is 10.5. The summed E-state index contributed by atoms with van der Waals surface area (Å²) in [7, 11) is 0. The van der Waals surface area contributed by atoms with Gasteiger partial charge in [-0.05, 0) is 30.3 Å². The molecule has 0 saturated heterocycles. The second kappa shape index (κ2) is 5.15. The molecule has 1 heterocycles. The van der Waals surface area contributed by atoms with Crippen molar-refractivity contribution in [2.24, 2.45) is 0 Å². The van der Waals surface area contributed by atoms with Crippen molar-refractivity contribution in [1.29, 1.82) is 0 Å². The van der Waals surface area contributed by atoms with E-state index in [0.717, 1.165) is 5.52 Å². The Kier molecular flexibility index (Phi) is 3.34. The second-order valence-corrected chi connectivity index (χ2v) is 4.89. The highest BCUT2D eigenvalue weighted by atomic mass is 35.5. The van der Waals surface area contributed by atoms with Gasteiger partial charge in [0.05, 0.1) is 15.9 Å². The Morgan fingerprint density at radius 1 is 1.05 bits per heavy atom. The third kappa shape index (κ3) is 2.35. The van der Waals surface area contributed by atoms with Crippen molar-refractivity contribution < 1.29 is 4.74 Å². The molecule has 0 aliphatic heterocycles. The molecule has 0 amide bonds. The molecule has 0 fully saturated rings.